The molecule has 3 aromatic rings. The van der Waals surface area contributed by atoms with Crippen LogP contribution in [-0.4, -0.2) is 29.3 Å². The molecule has 0 aliphatic rings. The van der Waals surface area contributed by atoms with E-state index in [4.69, 9.17) is 0 Å². The summed E-state index contributed by atoms with van der Waals surface area (Å²) in [4.78, 5) is 4.23. The molecular formula is C21H25FIN5. The fourth-order valence-electron chi connectivity index (χ4n) is 2.84. The molecule has 0 saturated carbocycles. The van der Waals surface area contributed by atoms with Crippen LogP contribution in [0.1, 0.15) is 16.7 Å². The average molecular weight is 493 g/mol. The van der Waals surface area contributed by atoms with E-state index in [1.807, 2.05) is 29.1 Å². The van der Waals surface area contributed by atoms with Gasteiger partial charge in [-0.1, -0.05) is 42.5 Å². The van der Waals surface area contributed by atoms with Crippen molar-refractivity contribution in [2.24, 2.45) is 4.99 Å². The van der Waals surface area contributed by atoms with E-state index >= 15 is 0 Å². The van der Waals surface area contributed by atoms with Gasteiger partial charge in [0, 0.05) is 32.5 Å². The van der Waals surface area contributed by atoms with Gasteiger partial charge in [-0.2, -0.15) is 5.10 Å². The molecule has 0 atom stereocenters. The van der Waals surface area contributed by atoms with Gasteiger partial charge in [0.15, 0.2) is 5.96 Å². The Labute approximate surface area is 182 Å². The Bertz CT molecular complexity index is 880. The summed E-state index contributed by atoms with van der Waals surface area (Å²) in [7, 11) is 1.73. The van der Waals surface area contributed by atoms with Crippen molar-refractivity contribution < 1.29 is 4.39 Å². The van der Waals surface area contributed by atoms with Gasteiger partial charge in [0.05, 0.1) is 6.54 Å². The van der Waals surface area contributed by atoms with E-state index in [2.05, 4.69) is 38.9 Å². The Hall–Kier alpha value is -2.42. The molecule has 0 bridgehead atoms. The number of benzene rings is 2. The zero-order valence-corrected chi connectivity index (χ0v) is 18.1. The highest BCUT2D eigenvalue weighted by Crippen LogP contribution is 2.07. The van der Waals surface area contributed by atoms with Crippen LogP contribution in [0.2, 0.25) is 0 Å². The van der Waals surface area contributed by atoms with Crippen molar-refractivity contribution in [1.29, 1.82) is 0 Å². The Morgan fingerprint density at radius 2 is 1.89 bits per heavy atom. The van der Waals surface area contributed by atoms with Crippen molar-refractivity contribution >= 4 is 29.9 Å². The molecule has 2 N–H and O–H groups in total. The van der Waals surface area contributed by atoms with E-state index in [0.29, 0.717) is 31.0 Å². The molecule has 0 aliphatic carbocycles. The molecule has 0 saturated heterocycles. The first-order chi connectivity index (χ1) is 13.2. The standard InChI is InChI=1S/C21H24FN5.HI/c1-23-21(24-12-10-19-8-2-3-9-20(19)22)25-15-17-6-4-7-18(14-17)16-27-13-5-11-26-27;/h2-9,11,13-14H,10,12,15-16H2,1H3,(H2,23,24,25);1H. The lowest BCUT2D eigenvalue weighted by Crippen LogP contribution is -2.37. The molecule has 0 spiro atoms. The molecule has 2 aromatic carbocycles. The van der Waals surface area contributed by atoms with Gasteiger partial charge in [-0.25, -0.2) is 4.39 Å². The number of aliphatic imine (C=N–C) groups is 1. The fraction of sp³-hybridized carbons (Fsp3) is 0.238. The van der Waals surface area contributed by atoms with Crippen molar-refractivity contribution in [3.05, 3.63) is 89.5 Å². The highest BCUT2D eigenvalue weighted by atomic mass is 127. The minimum absolute atomic E-state index is 0. The topological polar surface area (TPSA) is 54.2 Å². The molecule has 28 heavy (non-hydrogen) atoms. The molecule has 0 aliphatic heterocycles. The quantitative estimate of drug-likeness (QED) is 0.301. The van der Waals surface area contributed by atoms with Crippen LogP contribution >= 0.6 is 24.0 Å². The molecule has 7 heteroatoms. The van der Waals surface area contributed by atoms with Crippen LogP contribution in [0.5, 0.6) is 0 Å². The Morgan fingerprint density at radius 1 is 1.07 bits per heavy atom. The first-order valence-corrected chi connectivity index (χ1v) is 8.98. The molecular weight excluding hydrogens is 468 g/mol. The molecule has 0 fully saturated rings. The number of nitrogens with one attached hydrogen (secondary N) is 2. The lowest BCUT2D eigenvalue weighted by molar-refractivity contribution is 0.606. The van der Waals surface area contributed by atoms with Crippen molar-refractivity contribution in [2.75, 3.05) is 13.6 Å². The Kier molecular flexibility index (Phi) is 8.93. The summed E-state index contributed by atoms with van der Waals surface area (Å²) in [6.07, 6.45) is 4.33. The highest BCUT2D eigenvalue weighted by Gasteiger charge is 2.03. The first-order valence-electron chi connectivity index (χ1n) is 8.98. The fourth-order valence-corrected chi connectivity index (χ4v) is 2.84. The SMILES string of the molecule is CN=C(NCCc1ccccc1F)NCc1cccc(Cn2cccn2)c1.I. The summed E-state index contributed by atoms with van der Waals surface area (Å²) in [5.41, 5.74) is 3.06. The predicted molar refractivity (Wildman–Crippen MR) is 121 cm³/mol. The van der Waals surface area contributed by atoms with Gasteiger partial charge in [-0.3, -0.25) is 9.67 Å². The van der Waals surface area contributed by atoms with Gasteiger partial charge >= 0.3 is 0 Å². The summed E-state index contributed by atoms with van der Waals surface area (Å²) in [6.45, 7) is 2.02. The van der Waals surface area contributed by atoms with Crippen LogP contribution in [0.25, 0.3) is 0 Å². The zero-order valence-electron chi connectivity index (χ0n) is 15.8. The summed E-state index contributed by atoms with van der Waals surface area (Å²) < 4.78 is 15.6. The summed E-state index contributed by atoms with van der Waals surface area (Å²) >= 11 is 0. The smallest absolute Gasteiger partial charge is 0.191 e. The predicted octanol–water partition coefficient (Wildman–Crippen LogP) is 3.60. The van der Waals surface area contributed by atoms with Gasteiger partial charge in [0.25, 0.3) is 0 Å². The molecule has 0 amide bonds. The van der Waals surface area contributed by atoms with Crippen LogP contribution in [-0.2, 0) is 19.5 Å². The molecule has 148 valence electrons. The lowest BCUT2D eigenvalue weighted by atomic mass is 10.1. The molecule has 1 aromatic heterocycles. The number of aromatic nitrogens is 2. The number of hydrogen-bond acceptors (Lipinski definition) is 2. The van der Waals surface area contributed by atoms with Crippen molar-refractivity contribution in [3.63, 3.8) is 0 Å². The number of halogens is 2. The third-order valence-electron chi connectivity index (χ3n) is 4.22. The van der Waals surface area contributed by atoms with Gasteiger partial charge in [-0.15, -0.1) is 24.0 Å². The van der Waals surface area contributed by atoms with Crippen LogP contribution in [0, 0.1) is 5.82 Å². The zero-order chi connectivity index (χ0) is 18.9. The van der Waals surface area contributed by atoms with Crippen LogP contribution in [0.15, 0.2) is 72.0 Å². The maximum Gasteiger partial charge on any atom is 0.191 e. The van der Waals surface area contributed by atoms with Gasteiger partial charge in [-0.05, 0) is 35.2 Å². The second-order valence-corrected chi connectivity index (χ2v) is 6.22. The van der Waals surface area contributed by atoms with Gasteiger partial charge in [0.1, 0.15) is 5.82 Å². The number of guanidine groups is 1. The maximum absolute atomic E-state index is 13.7. The minimum Gasteiger partial charge on any atom is -0.356 e. The molecule has 0 radical (unpaired) electrons. The van der Waals surface area contributed by atoms with Gasteiger partial charge < -0.3 is 10.6 Å². The summed E-state index contributed by atoms with van der Waals surface area (Å²) in [5, 5.41) is 10.8. The molecule has 1 heterocycles. The highest BCUT2D eigenvalue weighted by molar-refractivity contribution is 14.0. The van der Waals surface area contributed by atoms with Crippen molar-refractivity contribution in [3.8, 4) is 0 Å². The van der Waals surface area contributed by atoms with E-state index in [0.717, 1.165) is 12.1 Å². The van der Waals surface area contributed by atoms with E-state index in [1.165, 1.54) is 11.6 Å². The van der Waals surface area contributed by atoms with Gasteiger partial charge in [0.2, 0.25) is 0 Å². The van der Waals surface area contributed by atoms with E-state index in [1.54, 1.807) is 25.4 Å². The second kappa shape index (κ2) is 11.4. The Morgan fingerprint density at radius 3 is 2.64 bits per heavy atom. The monoisotopic (exact) mass is 493 g/mol. The minimum atomic E-state index is -0.170. The normalized spacial score (nSPS) is 11.0. The van der Waals surface area contributed by atoms with E-state index < -0.39 is 0 Å². The van der Waals surface area contributed by atoms with Crippen LogP contribution in [0.4, 0.5) is 4.39 Å². The van der Waals surface area contributed by atoms with Crippen LogP contribution in [0.3, 0.4) is 0 Å². The number of hydrogen-bond donors (Lipinski definition) is 2. The van der Waals surface area contributed by atoms with E-state index in [-0.39, 0.29) is 29.8 Å². The molecule has 3 rings (SSSR count). The van der Waals surface area contributed by atoms with Crippen molar-refractivity contribution in [2.45, 2.75) is 19.5 Å². The number of rotatable bonds is 7. The molecule has 0 unspecified atom stereocenters. The molecule has 5 nitrogen and oxygen atoms in total. The summed E-state index contributed by atoms with van der Waals surface area (Å²) in [6, 6.07) is 17.1. The summed E-state index contributed by atoms with van der Waals surface area (Å²) in [5.74, 6) is 0.528. The first kappa shape index (κ1) is 21.9. The Balaban J connectivity index is 0.00000280. The van der Waals surface area contributed by atoms with Crippen molar-refractivity contribution in [1.82, 2.24) is 20.4 Å². The van der Waals surface area contributed by atoms with E-state index in [9.17, 15) is 4.39 Å². The third-order valence-corrected chi connectivity index (χ3v) is 4.22. The number of nitrogens with zero attached hydrogens (tertiary/aromatic N) is 3. The largest absolute Gasteiger partial charge is 0.356 e. The lowest BCUT2D eigenvalue weighted by Gasteiger charge is -2.13. The second-order valence-electron chi connectivity index (χ2n) is 6.22. The maximum atomic E-state index is 13.7. The van der Waals surface area contributed by atoms with Crippen LogP contribution < -0.4 is 10.6 Å². The third kappa shape index (κ3) is 6.63. The average Bonchev–Trinajstić information content (AvgIpc) is 3.19.